The Hall–Kier alpha value is -1.71. The molecule has 0 radical (unpaired) electrons. The van der Waals surface area contributed by atoms with Gasteiger partial charge >= 0.3 is 6.03 Å². The molecule has 1 aromatic carbocycles. The standard InChI is InChI=1S/C16H25N3O/c1-3-8-17-16(20)18-11-14-7-9-19(12-14)15-6-4-5-13(2)10-15/h4-6,10,14H,3,7-9,11-12H2,1-2H3,(H2,17,18,20). The number of carbonyl (C=O) groups is 1. The van der Waals surface area contributed by atoms with E-state index in [9.17, 15) is 4.79 Å². The van der Waals surface area contributed by atoms with Crippen LogP contribution in [0.5, 0.6) is 0 Å². The molecule has 1 aliphatic heterocycles. The van der Waals surface area contributed by atoms with Gasteiger partial charge < -0.3 is 15.5 Å². The SMILES string of the molecule is CCCNC(=O)NCC1CCN(c2cccc(C)c2)C1. The smallest absolute Gasteiger partial charge is 0.314 e. The Bertz CT molecular complexity index is 447. The van der Waals surface area contributed by atoms with Gasteiger partial charge in [-0.1, -0.05) is 19.1 Å². The molecule has 0 aromatic heterocycles. The van der Waals surface area contributed by atoms with Crippen LogP contribution in [0.15, 0.2) is 24.3 Å². The number of hydrogen-bond donors (Lipinski definition) is 2. The monoisotopic (exact) mass is 275 g/mol. The van der Waals surface area contributed by atoms with Crippen molar-refractivity contribution >= 4 is 11.7 Å². The minimum absolute atomic E-state index is 0.0409. The number of carbonyl (C=O) groups excluding carboxylic acids is 1. The lowest BCUT2D eigenvalue weighted by Gasteiger charge is -2.19. The predicted octanol–water partition coefficient (Wildman–Crippen LogP) is 2.53. The number of benzene rings is 1. The van der Waals surface area contributed by atoms with E-state index >= 15 is 0 Å². The van der Waals surface area contributed by atoms with Crippen molar-refractivity contribution in [2.45, 2.75) is 26.7 Å². The molecule has 0 bridgehead atoms. The molecular formula is C16H25N3O. The molecule has 0 aliphatic carbocycles. The van der Waals surface area contributed by atoms with Crippen molar-refractivity contribution in [1.82, 2.24) is 10.6 Å². The van der Waals surface area contributed by atoms with E-state index in [1.54, 1.807) is 0 Å². The molecule has 1 atom stereocenters. The van der Waals surface area contributed by atoms with Crippen molar-refractivity contribution < 1.29 is 4.79 Å². The highest BCUT2D eigenvalue weighted by Crippen LogP contribution is 2.24. The highest BCUT2D eigenvalue weighted by molar-refractivity contribution is 5.73. The van der Waals surface area contributed by atoms with E-state index in [4.69, 9.17) is 0 Å². The second-order valence-electron chi connectivity index (χ2n) is 5.58. The Balaban J connectivity index is 1.76. The van der Waals surface area contributed by atoms with Crippen molar-refractivity contribution in [2.75, 3.05) is 31.1 Å². The minimum Gasteiger partial charge on any atom is -0.371 e. The van der Waals surface area contributed by atoms with Gasteiger partial charge in [0.25, 0.3) is 0 Å². The maximum absolute atomic E-state index is 11.5. The molecule has 2 rings (SSSR count). The average Bonchev–Trinajstić information content (AvgIpc) is 2.92. The lowest BCUT2D eigenvalue weighted by atomic mass is 10.1. The first-order valence-electron chi connectivity index (χ1n) is 7.52. The van der Waals surface area contributed by atoms with Crippen LogP contribution in [0.1, 0.15) is 25.3 Å². The second-order valence-corrected chi connectivity index (χ2v) is 5.58. The zero-order valence-corrected chi connectivity index (χ0v) is 12.5. The third kappa shape index (κ3) is 4.15. The van der Waals surface area contributed by atoms with E-state index in [2.05, 4.69) is 53.6 Å². The number of urea groups is 1. The molecular weight excluding hydrogens is 250 g/mol. The average molecular weight is 275 g/mol. The molecule has 4 heteroatoms. The van der Waals surface area contributed by atoms with Gasteiger partial charge in [-0.15, -0.1) is 0 Å². The highest BCUT2D eigenvalue weighted by Gasteiger charge is 2.22. The molecule has 1 aromatic rings. The number of rotatable bonds is 5. The van der Waals surface area contributed by atoms with Gasteiger partial charge in [0, 0.05) is 31.9 Å². The molecule has 0 spiro atoms. The zero-order valence-electron chi connectivity index (χ0n) is 12.5. The first kappa shape index (κ1) is 14.7. The highest BCUT2D eigenvalue weighted by atomic mass is 16.2. The van der Waals surface area contributed by atoms with Crippen LogP contribution in [0.3, 0.4) is 0 Å². The molecule has 2 N–H and O–H groups in total. The lowest BCUT2D eigenvalue weighted by molar-refractivity contribution is 0.239. The molecule has 0 saturated carbocycles. The summed E-state index contributed by atoms with van der Waals surface area (Å²) in [6, 6.07) is 8.58. The predicted molar refractivity (Wildman–Crippen MR) is 83.2 cm³/mol. The fourth-order valence-electron chi connectivity index (χ4n) is 2.60. The normalized spacial score (nSPS) is 18.1. The Kier molecular flexibility index (Phi) is 5.27. The summed E-state index contributed by atoms with van der Waals surface area (Å²) in [6.07, 6.45) is 2.11. The number of amides is 2. The molecule has 1 heterocycles. The molecule has 1 saturated heterocycles. The topological polar surface area (TPSA) is 44.4 Å². The van der Waals surface area contributed by atoms with Crippen molar-refractivity contribution in [1.29, 1.82) is 0 Å². The van der Waals surface area contributed by atoms with Gasteiger partial charge in [-0.2, -0.15) is 0 Å². The summed E-state index contributed by atoms with van der Waals surface area (Å²) < 4.78 is 0. The second kappa shape index (κ2) is 7.17. The van der Waals surface area contributed by atoms with Crippen molar-refractivity contribution in [3.05, 3.63) is 29.8 Å². The van der Waals surface area contributed by atoms with Crippen molar-refractivity contribution in [3.63, 3.8) is 0 Å². The molecule has 20 heavy (non-hydrogen) atoms. The van der Waals surface area contributed by atoms with E-state index in [0.717, 1.165) is 39.0 Å². The van der Waals surface area contributed by atoms with E-state index in [-0.39, 0.29) is 6.03 Å². The summed E-state index contributed by atoms with van der Waals surface area (Å²) in [5, 5.41) is 5.81. The molecule has 110 valence electrons. The van der Waals surface area contributed by atoms with Gasteiger partial charge in [0.2, 0.25) is 0 Å². The van der Waals surface area contributed by atoms with Gasteiger partial charge in [-0.3, -0.25) is 0 Å². The van der Waals surface area contributed by atoms with Gasteiger partial charge in [-0.25, -0.2) is 4.79 Å². The quantitative estimate of drug-likeness (QED) is 0.867. The molecule has 4 nitrogen and oxygen atoms in total. The largest absolute Gasteiger partial charge is 0.371 e. The van der Waals surface area contributed by atoms with E-state index in [1.807, 2.05) is 0 Å². The molecule has 1 aliphatic rings. The van der Waals surface area contributed by atoms with Crippen LogP contribution < -0.4 is 15.5 Å². The Morgan fingerprint density at radius 3 is 3.00 bits per heavy atom. The Morgan fingerprint density at radius 1 is 1.40 bits per heavy atom. The lowest BCUT2D eigenvalue weighted by Crippen LogP contribution is -2.39. The summed E-state index contributed by atoms with van der Waals surface area (Å²) in [4.78, 5) is 13.9. The fourth-order valence-corrected chi connectivity index (χ4v) is 2.60. The zero-order chi connectivity index (χ0) is 14.4. The fraction of sp³-hybridized carbons (Fsp3) is 0.562. The summed E-state index contributed by atoms with van der Waals surface area (Å²) in [7, 11) is 0. The number of hydrogen-bond acceptors (Lipinski definition) is 2. The van der Waals surface area contributed by atoms with E-state index in [1.165, 1.54) is 11.3 Å². The van der Waals surface area contributed by atoms with Crippen LogP contribution in [-0.2, 0) is 0 Å². The van der Waals surface area contributed by atoms with Crippen LogP contribution in [0.4, 0.5) is 10.5 Å². The van der Waals surface area contributed by atoms with Gasteiger partial charge in [0.1, 0.15) is 0 Å². The minimum atomic E-state index is -0.0409. The van der Waals surface area contributed by atoms with Gasteiger partial charge in [0.15, 0.2) is 0 Å². The van der Waals surface area contributed by atoms with Crippen molar-refractivity contribution in [3.8, 4) is 0 Å². The number of nitrogens with one attached hydrogen (secondary N) is 2. The van der Waals surface area contributed by atoms with Crippen LogP contribution in [0, 0.1) is 12.8 Å². The van der Waals surface area contributed by atoms with Crippen molar-refractivity contribution in [2.24, 2.45) is 5.92 Å². The molecule has 2 amide bonds. The Morgan fingerprint density at radius 2 is 2.25 bits per heavy atom. The Labute approximate surface area is 121 Å². The number of nitrogens with zero attached hydrogens (tertiary/aromatic N) is 1. The third-order valence-electron chi connectivity index (χ3n) is 3.74. The van der Waals surface area contributed by atoms with Crippen LogP contribution in [-0.4, -0.2) is 32.2 Å². The summed E-state index contributed by atoms with van der Waals surface area (Å²) in [5.74, 6) is 0.544. The number of aryl methyl sites for hydroxylation is 1. The third-order valence-corrected chi connectivity index (χ3v) is 3.74. The van der Waals surface area contributed by atoms with Crippen LogP contribution in [0.25, 0.3) is 0 Å². The van der Waals surface area contributed by atoms with Crippen LogP contribution in [0.2, 0.25) is 0 Å². The summed E-state index contributed by atoms with van der Waals surface area (Å²) in [6.45, 7) is 7.78. The first-order valence-corrected chi connectivity index (χ1v) is 7.52. The first-order chi connectivity index (χ1) is 9.69. The van der Waals surface area contributed by atoms with E-state index < -0.39 is 0 Å². The van der Waals surface area contributed by atoms with Gasteiger partial charge in [0.05, 0.1) is 0 Å². The summed E-state index contributed by atoms with van der Waals surface area (Å²) >= 11 is 0. The summed E-state index contributed by atoms with van der Waals surface area (Å²) in [5.41, 5.74) is 2.59. The molecule has 1 fully saturated rings. The maximum atomic E-state index is 11.5. The molecule has 1 unspecified atom stereocenters. The van der Waals surface area contributed by atoms with Crippen LogP contribution >= 0.6 is 0 Å². The number of anilines is 1. The maximum Gasteiger partial charge on any atom is 0.314 e. The van der Waals surface area contributed by atoms with Gasteiger partial charge in [-0.05, 0) is 43.4 Å². The van der Waals surface area contributed by atoms with E-state index in [0.29, 0.717) is 5.92 Å².